The molecular weight excluding hydrogens is 1870 g/mol. The van der Waals surface area contributed by atoms with E-state index in [9.17, 15) is 57.5 Å². The van der Waals surface area contributed by atoms with Gasteiger partial charge in [-0.25, -0.2) is 24.0 Å². The molecule has 5 aliphatic heterocycles. The van der Waals surface area contributed by atoms with Gasteiger partial charge in [0.1, 0.15) is 55.2 Å². The fourth-order valence-corrected chi connectivity index (χ4v) is 16.2. The van der Waals surface area contributed by atoms with Crippen LogP contribution in [0.3, 0.4) is 0 Å². The standard InChI is InChI=1S/C95H91N13O30.Zn/c1-47(109)121-44-77-84(127-50(4)112)87(130-53(7)115)90(133-56(10)118)93(136-77)124-41-63-38-106(103-100-63)66-24-18-60(19-25-66)81-71-32-30-69(96-71)80(59-16-14-13-15-17-59)70-31-33-72(97-70)82(61-20-26-67(27-21-61)107-39-64(101-104-107)42-125-94-91(134-57(11)119)88(131-54(8)116)85(128-51(5)113)78(137-94)45-122-48(2)110)74-35-37-76(99-74)83(75-36-34-73(81)98-75)62-22-28-68(29-23-62)108-40-65(102-105-108)43-126-95-92(135-58(12)120)89(132-55(9)117)86(129-52(6)114)79(138-95)46-123-49(3)111;/h13-40,77-79,84-95H,41-46H2,1-12H3;/q-2;+2/t77-,78-,79-,84-,85-,86-,87+,88+,89+,90-,91-,92-,93-,94-,95-;/m1./s1. The van der Waals surface area contributed by atoms with Crippen LogP contribution >= 0.6 is 0 Å². The van der Waals surface area contributed by atoms with Crippen molar-refractivity contribution in [2.75, 3.05) is 19.8 Å². The third-order valence-electron chi connectivity index (χ3n) is 21.6. The van der Waals surface area contributed by atoms with E-state index in [0.717, 1.165) is 88.6 Å². The number of nitrogens with zero attached hydrogens (tertiary/aromatic N) is 13. The second-order valence-electron chi connectivity index (χ2n) is 32.0. The first-order valence-corrected chi connectivity index (χ1v) is 43.1. The second kappa shape index (κ2) is 44.4. The van der Waals surface area contributed by atoms with E-state index in [0.29, 0.717) is 101 Å². The van der Waals surface area contributed by atoms with Crippen molar-refractivity contribution in [3.05, 3.63) is 186 Å². The Morgan fingerprint density at radius 1 is 0.288 bits per heavy atom. The summed E-state index contributed by atoms with van der Waals surface area (Å²) in [4.78, 5) is 171. The van der Waals surface area contributed by atoms with Crippen LogP contribution in [0.2, 0.25) is 0 Å². The maximum Gasteiger partial charge on any atom is 2.00 e. The normalized spacial score (nSPS) is 21.3. The average Bonchev–Trinajstić information content (AvgIpc) is 1.63. The Hall–Kier alpha value is -15.1. The zero-order valence-corrected chi connectivity index (χ0v) is 79.8. The van der Waals surface area contributed by atoms with Crippen molar-refractivity contribution >= 4 is 118 Å². The molecule has 0 saturated carbocycles. The predicted octanol–water partition coefficient (Wildman–Crippen LogP) is 8.12. The summed E-state index contributed by atoms with van der Waals surface area (Å²) in [5, 5.41) is 26.4. The minimum atomic E-state index is -1.52. The number of hydrogen-bond donors (Lipinski definition) is 0. The van der Waals surface area contributed by atoms with Gasteiger partial charge in [-0.2, -0.15) is 0 Å². The molecule has 4 aromatic carbocycles. The number of carbonyl (C=O) groups excluding carboxylic acids is 12. The maximum absolute atomic E-state index is 12.7. The van der Waals surface area contributed by atoms with Crippen LogP contribution in [0.1, 0.15) is 123 Å². The van der Waals surface area contributed by atoms with Crippen LogP contribution in [0.5, 0.6) is 0 Å². The van der Waals surface area contributed by atoms with Crippen LogP contribution in [-0.4, -0.2) is 239 Å². The number of fused-ring (bicyclic) bond motifs is 8. The number of aromatic nitrogens is 13. The molecule has 0 aliphatic carbocycles. The summed E-state index contributed by atoms with van der Waals surface area (Å²) in [5.74, 6) is -9.41. The molecule has 44 heteroatoms. The molecule has 718 valence electrons. The largest absolute Gasteiger partial charge is 2.00 e. The van der Waals surface area contributed by atoms with Gasteiger partial charge < -0.3 is 95.2 Å². The van der Waals surface area contributed by atoms with Gasteiger partial charge in [0.2, 0.25) is 0 Å². The van der Waals surface area contributed by atoms with Crippen molar-refractivity contribution < 1.29 is 162 Å². The summed E-state index contributed by atoms with van der Waals surface area (Å²) < 4.78 is 108. The Morgan fingerprint density at radius 2 is 0.518 bits per heavy atom. The van der Waals surface area contributed by atoms with Crippen molar-refractivity contribution in [1.29, 1.82) is 0 Å². The van der Waals surface area contributed by atoms with Gasteiger partial charge in [0, 0.05) is 83.1 Å². The number of ether oxygens (including phenoxy) is 18. The van der Waals surface area contributed by atoms with Crippen LogP contribution in [0.25, 0.3) is 108 Å². The number of benzene rings is 4. The summed E-state index contributed by atoms with van der Waals surface area (Å²) in [6.07, 6.45) is -9.19. The summed E-state index contributed by atoms with van der Waals surface area (Å²) in [7, 11) is 0. The quantitative estimate of drug-likeness (QED) is 0.0225. The molecule has 5 aliphatic rings. The van der Waals surface area contributed by atoms with Crippen molar-refractivity contribution in [3.8, 4) is 61.6 Å². The van der Waals surface area contributed by atoms with Crippen LogP contribution < -0.4 is 9.97 Å². The van der Waals surface area contributed by atoms with Crippen LogP contribution in [0, 0.1) is 0 Å². The van der Waals surface area contributed by atoms with Gasteiger partial charge in [0.15, 0.2) is 73.8 Å². The molecule has 139 heavy (non-hydrogen) atoms. The molecule has 8 bridgehead atoms. The molecule has 0 unspecified atom stereocenters. The molecule has 3 saturated heterocycles. The Morgan fingerprint density at radius 3 is 0.755 bits per heavy atom. The predicted molar refractivity (Wildman–Crippen MR) is 474 cm³/mol. The average molecular weight is 1960 g/mol. The first-order chi connectivity index (χ1) is 66.2. The van der Waals surface area contributed by atoms with Crippen LogP contribution in [0.15, 0.2) is 146 Å². The SMILES string of the molecule is CC(=O)OC[C@H]1O[C@@H](OCc2cn(-c3ccc(-c4c5nc(c(-c6ccc(-n7cc(CO[C@@H]8O[C@H](COC(C)=O)[C@@H](OC(C)=O)[C@H](OC(C)=O)[C@H]8OC(C)=O)nn7)cc6)c6ccc([n-]6)c(-c6ccc(-n7cc(CO[C@@H]8O[C@H](COC(C)=O)[C@@H](OC(C)=O)[C@H](OC(C)=O)[C@H]8OC(C)=O)nn7)cc6)c6nc(c(-c7ccccc7)c7ccc4[n-]7)C=C6)C=C5)cc3)nn2)[C@H](OC(C)=O)[C@@H](OC(C)=O)[C@@H]1OC(C)=O.[Zn+2]. The van der Waals surface area contributed by atoms with E-state index >= 15 is 0 Å². The van der Waals surface area contributed by atoms with Gasteiger partial charge in [-0.3, -0.25) is 57.5 Å². The van der Waals surface area contributed by atoms with E-state index < -0.39 is 184 Å². The van der Waals surface area contributed by atoms with Gasteiger partial charge in [0.25, 0.3) is 0 Å². The Labute approximate surface area is 803 Å². The van der Waals surface area contributed by atoms with Gasteiger partial charge >= 0.3 is 91.1 Å². The van der Waals surface area contributed by atoms with E-state index in [1.165, 1.54) is 14.0 Å². The third-order valence-corrected chi connectivity index (χ3v) is 21.6. The Balaban J connectivity index is 0.0000154. The molecule has 3 fully saturated rings. The number of esters is 12. The van der Waals surface area contributed by atoms with Gasteiger partial charge in [-0.05, 0) is 105 Å². The molecule has 0 radical (unpaired) electrons. The van der Waals surface area contributed by atoms with Crippen molar-refractivity contribution in [2.45, 2.75) is 195 Å². The topological polar surface area (TPSA) is 517 Å². The molecule has 10 aromatic rings. The first kappa shape index (κ1) is 99.9. The molecule has 6 aromatic heterocycles. The number of hydrogen-bond acceptors (Lipinski definition) is 38. The first-order valence-electron chi connectivity index (χ1n) is 43.1. The molecule has 11 heterocycles. The van der Waals surface area contributed by atoms with E-state index in [1.54, 1.807) is 30.7 Å². The Bertz CT molecular complexity index is 6360. The number of carbonyl (C=O) groups is 12. The fraction of sp³-hybridized carbons (Fsp3) is 0.347. The van der Waals surface area contributed by atoms with E-state index in [1.807, 2.05) is 140 Å². The minimum Gasteiger partial charge on any atom is -0.657 e. The zero-order valence-electron chi connectivity index (χ0n) is 76.8. The maximum atomic E-state index is 12.7. The van der Waals surface area contributed by atoms with E-state index in [2.05, 4.69) is 30.9 Å². The van der Waals surface area contributed by atoms with Crippen molar-refractivity contribution in [2.24, 2.45) is 0 Å². The molecule has 15 atom stereocenters. The number of rotatable bonds is 31. The zero-order chi connectivity index (χ0) is 97.9. The van der Waals surface area contributed by atoms with Gasteiger partial charge in [0.05, 0.1) is 78.2 Å². The molecule has 43 nitrogen and oxygen atoms in total. The Kier molecular flexibility index (Phi) is 31.9. The molecule has 0 N–H and O–H groups in total. The van der Waals surface area contributed by atoms with Crippen LogP contribution in [-0.2, 0) is 182 Å². The smallest absolute Gasteiger partial charge is 0.657 e. The fourth-order valence-electron chi connectivity index (χ4n) is 16.2. The minimum absolute atomic E-state index is 0. The summed E-state index contributed by atoms with van der Waals surface area (Å²) >= 11 is 0. The van der Waals surface area contributed by atoms with E-state index in [-0.39, 0.29) is 56.4 Å². The van der Waals surface area contributed by atoms with E-state index in [4.69, 9.17) is 105 Å². The summed E-state index contributed by atoms with van der Waals surface area (Å²) in [6.45, 7) is 11.1. The van der Waals surface area contributed by atoms with Gasteiger partial charge in [-0.1, -0.05) is 107 Å². The van der Waals surface area contributed by atoms with Gasteiger partial charge in [-0.15, -0.1) is 37.4 Å². The summed E-state index contributed by atoms with van der Waals surface area (Å²) in [5.41, 5.74) is 11.7. The molecular formula is C95H91N13O30Zn. The summed E-state index contributed by atoms with van der Waals surface area (Å²) in [6, 6.07) is 39.4. The van der Waals surface area contributed by atoms with Crippen molar-refractivity contribution in [3.63, 3.8) is 0 Å². The second-order valence-corrected chi connectivity index (χ2v) is 32.0. The third kappa shape index (κ3) is 24.3. The molecule has 0 amide bonds. The van der Waals surface area contributed by atoms with Crippen LogP contribution in [0.4, 0.5) is 0 Å². The van der Waals surface area contributed by atoms with Crippen molar-refractivity contribution in [1.82, 2.24) is 64.9 Å². The molecule has 0 spiro atoms. The molecule has 15 rings (SSSR count). The monoisotopic (exact) mass is 1960 g/mol.